The summed E-state index contributed by atoms with van der Waals surface area (Å²) >= 11 is 0. The predicted molar refractivity (Wildman–Crippen MR) is 58.4 cm³/mol. The lowest BCUT2D eigenvalue weighted by Gasteiger charge is -1.93. The smallest absolute Gasteiger partial charge is 0.310 e. The van der Waals surface area contributed by atoms with Crippen molar-refractivity contribution in [2.75, 3.05) is 0 Å². The van der Waals surface area contributed by atoms with E-state index in [-0.39, 0.29) is 0 Å². The van der Waals surface area contributed by atoms with Crippen LogP contribution in [0, 0.1) is 13.8 Å². The maximum absolute atomic E-state index is 9.81. The summed E-state index contributed by atoms with van der Waals surface area (Å²) in [6, 6.07) is 8.36. The summed E-state index contributed by atoms with van der Waals surface area (Å²) in [4.78, 5) is 19.6. The van der Waals surface area contributed by atoms with E-state index in [1.807, 2.05) is 0 Å². The molecule has 0 aliphatic rings. The van der Waals surface area contributed by atoms with E-state index in [4.69, 9.17) is 0 Å². The molecule has 3 heteroatoms. The van der Waals surface area contributed by atoms with Gasteiger partial charge in [0.2, 0.25) is 0 Å². The highest BCUT2D eigenvalue weighted by atomic mass is 16.6. The Labute approximate surface area is 90.1 Å². The van der Waals surface area contributed by atoms with Gasteiger partial charge in [0.1, 0.15) is 0 Å². The Balaban J connectivity index is 0.000000265. The van der Waals surface area contributed by atoms with Crippen molar-refractivity contribution < 1.29 is 14.3 Å². The van der Waals surface area contributed by atoms with E-state index in [1.54, 1.807) is 0 Å². The Morgan fingerprint density at radius 3 is 1.40 bits per heavy atom. The molecule has 0 unspecified atom stereocenters. The summed E-state index contributed by atoms with van der Waals surface area (Å²) < 4.78 is 3.97. The molecule has 0 heterocycles. The first-order chi connectivity index (χ1) is 6.93. The Morgan fingerprint density at radius 1 is 0.933 bits per heavy atom. The first kappa shape index (κ1) is 13.4. The van der Waals surface area contributed by atoms with Gasteiger partial charge in [-0.3, -0.25) is 9.59 Å². The molecule has 0 spiro atoms. The quantitative estimate of drug-likeness (QED) is 0.485. The molecule has 0 N–H and O–H groups in total. The molecule has 15 heavy (non-hydrogen) atoms. The number of benzene rings is 1. The van der Waals surface area contributed by atoms with E-state index in [9.17, 15) is 9.59 Å². The van der Waals surface area contributed by atoms with Gasteiger partial charge >= 0.3 is 11.9 Å². The average Bonchev–Trinajstić information content (AvgIpc) is 2.08. The third-order valence-electron chi connectivity index (χ3n) is 1.71. The first-order valence-electron chi connectivity index (χ1n) is 4.64. The monoisotopic (exact) mass is 208 g/mol. The van der Waals surface area contributed by atoms with Gasteiger partial charge in [-0.1, -0.05) is 24.3 Å². The van der Waals surface area contributed by atoms with Crippen LogP contribution in [-0.4, -0.2) is 11.9 Å². The van der Waals surface area contributed by atoms with Crippen molar-refractivity contribution in [3.8, 4) is 0 Å². The molecule has 0 radical (unpaired) electrons. The normalized spacial score (nSPS) is 8.53. The molecule has 0 atom stereocenters. The molecule has 0 fully saturated rings. The molecule has 1 aromatic carbocycles. The Morgan fingerprint density at radius 2 is 1.27 bits per heavy atom. The van der Waals surface area contributed by atoms with Gasteiger partial charge in [-0.2, -0.15) is 0 Å². The summed E-state index contributed by atoms with van der Waals surface area (Å²) in [5.41, 5.74) is 2.74. The van der Waals surface area contributed by atoms with Crippen LogP contribution in [-0.2, 0) is 14.3 Å². The minimum atomic E-state index is -0.562. The van der Waals surface area contributed by atoms with E-state index in [0.717, 1.165) is 0 Å². The van der Waals surface area contributed by atoms with Gasteiger partial charge < -0.3 is 4.74 Å². The number of hydrogen-bond donors (Lipinski definition) is 0. The van der Waals surface area contributed by atoms with E-state index in [2.05, 4.69) is 42.8 Å². The molecule has 0 amide bonds. The van der Waals surface area contributed by atoms with Crippen LogP contribution in [0.3, 0.4) is 0 Å². The van der Waals surface area contributed by atoms with Crippen LogP contribution >= 0.6 is 0 Å². The summed E-state index contributed by atoms with van der Waals surface area (Å²) in [6.07, 6.45) is 0. The molecular formula is C12H16O3. The molecule has 0 aliphatic heterocycles. The summed E-state index contributed by atoms with van der Waals surface area (Å²) in [6.45, 7) is 6.60. The largest absolute Gasteiger partial charge is 0.394 e. The maximum Gasteiger partial charge on any atom is 0.310 e. The molecule has 0 aliphatic carbocycles. The van der Waals surface area contributed by atoms with Gasteiger partial charge in [0.25, 0.3) is 0 Å². The summed E-state index contributed by atoms with van der Waals surface area (Å²) in [7, 11) is 0. The second-order valence-electron chi connectivity index (χ2n) is 3.17. The maximum atomic E-state index is 9.81. The fourth-order valence-corrected chi connectivity index (χ4v) is 0.865. The number of carbonyl (C=O) groups excluding carboxylic acids is 2. The van der Waals surface area contributed by atoms with Crippen molar-refractivity contribution in [3.63, 3.8) is 0 Å². The number of carbonyl (C=O) groups is 2. The lowest BCUT2D eigenvalue weighted by molar-refractivity contribution is -0.156. The zero-order valence-corrected chi connectivity index (χ0v) is 9.53. The fourth-order valence-electron chi connectivity index (χ4n) is 0.865. The lowest BCUT2D eigenvalue weighted by atomic mass is 10.1. The van der Waals surface area contributed by atoms with Crippen LogP contribution in [0.4, 0.5) is 0 Å². The molecule has 0 saturated carbocycles. The van der Waals surface area contributed by atoms with Crippen molar-refractivity contribution in [2.45, 2.75) is 27.7 Å². The number of rotatable bonds is 0. The molecule has 82 valence electrons. The van der Waals surface area contributed by atoms with Crippen LogP contribution in [0.2, 0.25) is 0 Å². The second kappa shape index (κ2) is 6.76. The third kappa shape index (κ3) is 7.43. The summed E-state index contributed by atoms with van der Waals surface area (Å²) in [5, 5.41) is 0. The van der Waals surface area contributed by atoms with Gasteiger partial charge in [0.05, 0.1) is 0 Å². The number of hydrogen-bond acceptors (Lipinski definition) is 3. The predicted octanol–water partition coefficient (Wildman–Crippen LogP) is 2.40. The van der Waals surface area contributed by atoms with Gasteiger partial charge in [0.15, 0.2) is 0 Å². The highest BCUT2D eigenvalue weighted by Crippen LogP contribution is 2.02. The molecule has 1 rings (SSSR count). The molecule has 0 bridgehead atoms. The van der Waals surface area contributed by atoms with Crippen molar-refractivity contribution in [1.29, 1.82) is 0 Å². The molecular weight excluding hydrogens is 192 g/mol. The van der Waals surface area contributed by atoms with Crippen LogP contribution < -0.4 is 0 Å². The van der Waals surface area contributed by atoms with Crippen LogP contribution in [0.5, 0.6) is 0 Å². The zero-order valence-electron chi connectivity index (χ0n) is 9.53. The van der Waals surface area contributed by atoms with Crippen molar-refractivity contribution in [2.24, 2.45) is 0 Å². The van der Waals surface area contributed by atoms with Crippen molar-refractivity contribution in [3.05, 3.63) is 35.4 Å². The molecule has 3 nitrogen and oxygen atoms in total. The topological polar surface area (TPSA) is 43.4 Å². The van der Waals surface area contributed by atoms with Crippen molar-refractivity contribution >= 4 is 11.9 Å². The minimum Gasteiger partial charge on any atom is -0.394 e. The Kier molecular flexibility index (Phi) is 6.02. The van der Waals surface area contributed by atoms with Gasteiger partial charge in [-0.05, 0) is 25.0 Å². The van der Waals surface area contributed by atoms with Gasteiger partial charge in [-0.25, -0.2) is 0 Å². The number of aryl methyl sites for hydroxylation is 2. The molecule has 1 aromatic rings. The van der Waals surface area contributed by atoms with Crippen LogP contribution in [0.1, 0.15) is 25.0 Å². The third-order valence-corrected chi connectivity index (χ3v) is 1.71. The minimum absolute atomic E-state index is 0.562. The van der Waals surface area contributed by atoms with Crippen LogP contribution in [0.25, 0.3) is 0 Å². The van der Waals surface area contributed by atoms with E-state index in [1.165, 1.54) is 25.0 Å². The lowest BCUT2D eigenvalue weighted by Crippen LogP contribution is -2.03. The Hall–Kier alpha value is -1.64. The zero-order chi connectivity index (χ0) is 11.8. The van der Waals surface area contributed by atoms with Gasteiger partial charge in [0, 0.05) is 13.8 Å². The molecule has 0 aromatic heterocycles. The van der Waals surface area contributed by atoms with E-state index in [0.29, 0.717) is 0 Å². The number of esters is 2. The number of ether oxygens (including phenoxy) is 1. The SMILES string of the molecule is CC(=O)OC(C)=O.Cc1ccccc1C. The van der Waals surface area contributed by atoms with Crippen LogP contribution in [0.15, 0.2) is 24.3 Å². The van der Waals surface area contributed by atoms with E-state index < -0.39 is 11.9 Å². The van der Waals surface area contributed by atoms with Crippen molar-refractivity contribution in [1.82, 2.24) is 0 Å². The Bertz CT molecular complexity index is 309. The average molecular weight is 208 g/mol. The highest BCUT2D eigenvalue weighted by Gasteiger charge is 1.93. The summed E-state index contributed by atoms with van der Waals surface area (Å²) in [5.74, 6) is -1.12. The van der Waals surface area contributed by atoms with Gasteiger partial charge in [-0.15, -0.1) is 0 Å². The highest BCUT2D eigenvalue weighted by molar-refractivity contribution is 5.82. The fraction of sp³-hybridized carbons (Fsp3) is 0.333. The first-order valence-corrected chi connectivity index (χ1v) is 4.64. The standard InChI is InChI=1S/C8H10.C4H6O3/c1-7-5-3-4-6-8(7)2;1-3(5)7-4(2)6/h3-6H,1-2H3;1-2H3. The molecule has 0 saturated heterocycles. The van der Waals surface area contributed by atoms with E-state index >= 15 is 0 Å². The second-order valence-corrected chi connectivity index (χ2v) is 3.17.